The van der Waals surface area contributed by atoms with E-state index in [1.165, 1.54) is 11.3 Å². The third kappa shape index (κ3) is 3.06. The lowest BCUT2D eigenvalue weighted by molar-refractivity contribution is -0.131. The molecule has 1 aromatic rings. The van der Waals surface area contributed by atoms with Crippen LogP contribution in [0, 0.1) is 6.92 Å². The van der Waals surface area contributed by atoms with E-state index in [1.807, 2.05) is 6.92 Å². The van der Waals surface area contributed by atoms with Crippen molar-refractivity contribution in [2.45, 2.75) is 19.9 Å². The van der Waals surface area contributed by atoms with Gasteiger partial charge in [-0.05, 0) is 6.92 Å². The van der Waals surface area contributed by atoms with E-state index in [2.05, 4.69) is 10.3 Å². The Balaban J connectivity index is 2.39. The molecule has 13 heavy (non-hydrogen) atoms. The number of carbonyl (C=O) groups excluding carboxylic acids is 1. The molecule has 0 aliphatic rings. The van der Waals surface area contributed by atoms with Crippen LogP contribution < -0.4 is 5.32 Å². The van der Waals surface area contributed by atoms with Crippen molar-refractivity contribution in [2.75, 3.05) is 0 Å². The Bertz CT molecular complexity index is 300. The topological polar surface area (TPSA) is 42.0 Å². The summed E-state index contributed by atoms with van der Waals surface area (Å²) in [6.45, 7) is 1.87. The summed E-state index contributed by atoms with van der Waals surface area (Å²) in [5, 5.41) is 4.64. The number of rotatable bonds is 3. The van der Waals surface area contributed by atoms with Gasteiger partial charge >= 0.3 is 6.43 Å². The molecular formula is C7H8F2N2OS. The molecule has 0 aliphatic carbocycles. The van der Waals surface area contributed by atoms with Crippen molar-refractivity contribution >= 4 is 17.2 Å². The fourth-order valence-electron chi connectivity index (χ4n) is 0.744. The van der Waals surface area contributed by atoms with Gasteiger partial charge in [0.1, 0.15) is 0 Å². The van der Waals surface area contributed by atoms with Gasteiger partial charge in [-0.2, -0.15) is 8.78 Å². The van der Waals surface area contributed by atoms with Gasteiger partial charge in [-0.25, -0.2) is 4.98 Å². The molecule has 0 aromatic carbocycles. The number of thiazole rings is 1. The van der Waals surface area contributed by atoms with Gasteiger partial charge in [0, 0.05) is 5.38 Å². The SMILES string of the molecule is Cc1nc(CNC(=O)C(F)F)cs1. The van der Waals surface area contributed by atoms with Crippen molar-refractivity contribution in [2.24, 2.45) is 0 Å². The van der Waals surface area contributed by atoms with Crippen LogP contribution >= 0.6 is 11.3 Å². The zero-order valence-electron chi connectivity index (χ0n) is 6.88. The molecule has 72 valence electrons. The highest BCUT2D eigenvalue weighted by Gasteiger charge is 2.14. The van der Waals surface area contributed by atoms with Crippen LogP contribution in [0.15, 0.2) is 5.38 Å². The zero-order chi connectivity index (χ0) is 9.84. The number of carbonyl (C=O) groups is 1. The van der Waals surface area contributed by atoms with Crippen LogP contribution in [0.25, 0.3) is 0 Å². The first kappa shape index (κ1) is 10.0. The molecule has 0 aliphatic heterocycles. The van der Waals surface area contributed by atoms with E-state index in [0.717, 1.165) is 5.01 Å². The van der Waals surface area contributed by atoms with E-state index in [1.54, 1.807) is 5.38 Å². The second-order valence-electron chi connectivity index (χ2n) is 2.38. The van der Waals surface area contributed by atoms with E-state index in [-0.39, 0.29) is 6.54 Å². The smallest absolute Gasteiger partial charge is 0.315 e. The molecule has 1 heterocycles. The van der Waals surface area contributed by atoms with Crippen molar-refractivity contribution in [3.63, 3.8) is 0 Å². The molecular weight excluding hydrogens is 198 g/mol. The first-order valence-corrected chi connectivity index (χ1v) is 4.44. The van der Waals surface area contributed by atoms with Crippen LogP contribution in [0.2, 0.25) is 0 Å². The molecule has 0 fully saturated rings. The lowest BCUT2D eigenvalue weighted by atomic mass is 10.4. The maximum atomic E-state index is 11.7. The third-order valence-electron chi connectivity index (χ3n) is 1.31. The molecule has 1 N–H and O–H groups in total. The van der Waals surface area contributed by atoms with E-state index in [9.17, 15) is 13.6 Å². The number of amides is 1. The zero-order valence-corrected chi connectivity index (χ0v) is 7.70. The molecule has 1 aromatic heterocycles. The first-order chi connectivity index (χ1) is 6.09. The summed E-state index contributed by atoms with van der Waals surface area (Å²) in [7, 11) is 0. The quantitative estimate of drug-likeness (QED) is 0.810. The van der Waals surface area contributed by atoms with Gasteiger partial charge in [0.2, 0.25) is 0 Å². The van der Waals surface area contributed by atoms with Crippen molar-refractivity contribution in [3.05, 3.63) is 16.1 Å². The fraction of sp³-hybridized carbons (Fsp3) is 0.429. The molecule has 0 unspecified atom stereocenters. The summed E-state index contributed by atoms with van der Waals surface area (Å²) in [6, 6.07) is 0. The van der Waals surface area contributed by atoms with Crippen LogP contribution in [0.3, 0.4) is 0 Å². The number of hydrogen-bond donors (Lipinski definition) is 1. The van der Waals surface area contributed by atoms with Crippen LogP contribution in [0.1, 0.15) is 10.7 Å². The van der Waals surface area contributed by atoms with Crippen molar-refractivity contribution < 1.29 is 13.6 Å². The van der Waals surface area contributed by atoms with Gasteiger partial charge in [0.15, 0.2) is 0 Å². The predicted octanol–water partition coefficient (Wildman–Crippen LogP) is 1.33. The third-order valence-corrected chi connectivity index (χ3v) is 2.13. The summed E-state index contributed by atoms with van der Waals surface area (Å²) in [6.07, 6.45) is -2.96. The Hall–Kier alpha value is -1.04. The standard InChI is InChI=1S/C7H8F2N2OS/c1-4-11-5(3-13-4)2-10-7(12)6(8)9/h3,6H,2H2,1H3,(H,10,12). The van der Waals surface area contributed by atoms with Gasteiger partial charge in [0.25, 0.3) is 5.91 Å². The molecule has 0 spiro atoms. The number of aryl methyl sites for hydroxylation is 1. The molecule has 3 nitrogen and oxygen atoms in total. The number of alkyl halides is 2. The van der Waals surface area contributed by atoms with Crippen LogP contribution in [0.4, 0.5) is 8.78 Å². The van der Waals surface area contributed by atoms with Crippen LogP contribution in [-0.4, -0.2) is 17.3 Å². The normalized spacial score (nSPS) is 10.5. The van der Waals surface area contributed by atoms with Gasteiger partial charge < -0.3 is 5.32 Å². The predicted molar refractivity (Wildman–Crippen MR) is 44.7 cm³/mol. The minimum atomic E-state index is -2.96. The number of aromatic nitrogens is 1. The number of halogens is 2. The second kappa shape index (κ2) is 4.27. The maximum absolute atomic E-state index is 11.7. The molecule has 1 rings (SSSR count). The summed E-state index contributed by atoms with van der Waals surface area (Å²) in [5.74, 6) is -1.26. The Labute approximate surface area is 77.8 Å². The Morgan fingerprint density at radius 1 is 1.77 bits per heavy atom. The lowest BCUT2D eigenvalue weighted by Gasteiger charge is -2.00. The average Bonchev–Trinajstić information content (AvgIpc) is 2.47. The maximum Gasteiger partial charge on any atom is 0.315 e. The van der Waals surface area contributed by atoms with E-state index in [0.29, 0.717) is 5.69 Å². The number of nitrogens with zero attached hydrogens (tertiary/aromatic N) is 1. The lowest BCUT2D eigenvalue weighted by Crippen LogP contribution is -2.28. The van der Waals surface area contributed by atoms with Gasteiger partial charge in [-0.1, -0.05) is 0 Å². The molecule has 0 saturated heterocycles. The molecule has 0 radical (unpaired) electrons. The van der Waals surface area contributed by atoms with E-state index >= 15 is 0 Å². The average molecular weight is 206 g/mol. The minimum absolute atomic E-state index is 0.0630. The fourth-order valence-corrected chi connectivity index (χ4v) is 1.36. The Morgan fingerprint density at radius 3 is 2.92 bits per heavy atom. The highest BCUT2D eigenvalue weighted by atomic mass is 32.1. The number of nitrogens with one attached hydrogen (secondary N) is 1. The monoisotopic (exact) mass is 206 g/mol. The Kier molecular flexibility index (Phi) is 3.30. The first-order valence-electron chi connectivity index (χ1n) is 3.56. The highest BCUT2D eigenvalue weighted by molar-refractivity contribution is 7.09. The van der Waals surface area contributed by atoms with Crippen molar-refractivity contribution in [3.8, 4) is 0 Å². The van der Waals surface area contributed by atoms with Gasteiger partial charge in [-0.3, -0.25) is 4.79 Å². The molecule has 0 bridgehead atoms. The van der Waals surface area contributed by atoms with E-state index in [4.69, 9.17) is 0 Å². The molecule has 1 amide bonds. The largest absolute Gasteiger partial charge is 0.345 e. The van der Waals surface area contributed by atoms with E-state index < -0.39 is 12.3 Å². The van der Waals surface area contributed by atoms with Crippen LogP contribution in [-0.2, 0) is 11.3 Å². The van der Waals surface area contributed by atoms with Crippen molar-refractivity contribution in [1.82, 2.24) is 10.3 Å². The summed E-state index contributed by atoms with van der Waals surface area (Å²) >= 11 is 1.41. The second-order valence-corrected chi connectivity index (χ2v) is 3.44. The van der Waals surface area contributed by atoms with Gasteiger partial charge in [-0.15, -0.1) is 11.3 Å². The molecule has 0 atom stereocenters. The summed E-state index contributed by atoms with van der Waals surface area (Å²) in [5.41, 5.74) is 0.608. The van der Waals surface area contributed by atoms with Crippen molar-refractivity contribution in [1.29, 1.82) is 0 Å². The Morgan fingerprint density at radius 2 is 2.46 bits per heavy atom. The minimum Gasteiger partial charge on any atom is -0.345 e. The molecule has 0 saturated carbocycles. The summed E-state index contributed by atoms with van der Waals surface area (Å²) < 4.78 is 23.4. The van der Waals surface area contributed by atoms with Gasteiger partial charge in [0.05, 0.1) is 17.2 Å². The summed E-state index contributed by atoms with van der Waals surface area (Å²) in [4.78, 5) is 14.4. The molecule has 6 heteroatoms. The number of hydrogen-bond acceptors (Lipinski definition) is 3. The highest BCUT2D eigenvalue weighted by Crippen LogP contribution is 2.07. The van der Waals surface area contributed by atoms with Crippen LogP contribution in [0.5, 0.6) is 0 Å².